The van der Waals surface area contributed by atoms with Gasteiger partial charge in [0.1, 0.15) is 0 Å². The third kappa shape index (κ3) is 4.27. The highest BCUT2D eigenvalue weighted by molar-refractivity contribution is 6.44. The maximum Gasteiger partial charge on any atom is 0.221 e. The number of benzene rings is 2. The van der Waals surface area contributed by atoms with Gasteiger partial charge < -0.3 is 10.6 Å². The third-order valence-corrected chi connectivity index (χ3v) is 3.99. The van der Waals surface area contributed by atoms with Crippen molar-refractivity contribution in [1.82, 2.24) is 0 Å². The molecule has 3 nitrogen and oxygen atoms in total. The van der Waals surface area contributed by atoms with Crippen LogP contribution in [-0.4, -0.2) is 5.91 Å². The van der Waals surface area contributed by atoms with Gasteiger partial charge in [0.25, 0.3) is 0 Å². The summed E-state index contributed by atoms with van der Waals surface area (Å²) in [5.74, 6) is -0.118. The monoisotopic (exact) mass is 342 g/mol. The van der Waals surface area contributed by atoms with E-state index in [2.05, 4.69) is 10.6 Å². The molecule has 1 amide bonds. The fraction of sp³-hybridized carbons (Fsp3) is 0.133. The Bertz CT molecular complexity index is 674. The van der Waals surface area contributed by atoms with Crippen molar-refractivity contribution in [2.75, 3.05) is 10.6 Å². The molecule has 110 valence electrons. The average Bonchev–Trinajstić information content (AvgIpc) is 2.43. The number of carbonyl (C=O) groups is 1. The summed E-state index contributed by atoms with van der Waals surface area (Å²) in [7, 11) is 0. The van der Waals surface area contributed by atoms with Gasteiger partial charge in [0.15, 0.2) is 0 Å². The molecule has 0 spiro atoms. The second kappa shape index (κ2) is 7.03. The lowest BCUT2D eigenvalue weighted by molar-refractivity contribution is -0.114. The minimum Gasteiger partial charge on any atom is -0.381 e. The van der Waals surface area contributed by atoms with E-state index >= 15 is 0 Å². The molecule has 0 unspecified atom stereocenters. The number of rotatable bonds is 4. The number of hydrogen-bond acceptors (Lipinski definition) is 2. The Hall–Kier alpha value is -1.42. The lowest BCUT2D eigenvalue weighted by atomic mass is 10.2. The summed E-state index contributed by atoms with van der Waals surface area (Å²) in [5.41, 5.74) is 2.29. The van der Waals surface area contributed by atoms with Crippen LogP contribution in [0.4, 0.5) is 11.4 Å². The SMILES string of the molecule is CC(=O)Nc1cccc(NCc2c(Cl)ccc(Cl)c2Cl)c1. The Kier molecular flexibility index (Phi) is 5.34. The van der Waals surface area contributed by atoms with Crippen LogP contribution in [0.3, 0.4) is 0 Å². The second-order valence-electron chi connectivity index (χ2n) is 4.44. The van der Waals surface area contributed by atoms with Crippen LogP contribution in [0.25, 0.3) is 0 Å². The standard InChI is InChI=1S/C15H13Cl3N2O/c1-9(21)20-11-4-2-3-10(7-11)19-8-12-13(16)5-6-14(17)15(12)18/h2-7,19H,8H2,1H3,(H,20,21). The number of carbonyl (C=O) groups excluding carboxylic acids is 1. The molecule has 2 aromatic carbocycles. The first-order valence-corrected chi connectivity index (χ1v) is 7.34. The largest absolute Gasteiger partial charge is 0.381 e. The van der Waals surface area contributed by atoms with E-state index in [4.69, 9.17) is 34.8 Å². The lowest BCUT2D eigenvalue weighted by Crippen LogP contribution is -2.06. The summed E-state index contributed by atoms with van der Waals surface area (Å²) in [6, 6.07) is 10.7. The number of anilines is 2. The molecule has 21 heavy (non-hydrogen) atoms. The first-order chi connectivity index (χ1) is 9.97. The van der Waals surface area contributed by atoms with Gasteiger partial charge in [0.05, 0.1) is 10.0 Å². The van der Waals surface area contributed by atoms with E-state index in [1.54, 1.807) is 12.1 Å². The molecule has 0 atom stereocenters. The molecule has 0 aliphatic rings. The minimum absolute atomic E-state index is 0.118. The van der Waals surface area contributed by atoms with Gasteiger partial charge in [-0.1, -0.05) is 40.9 Å². The van der Waals surface area contributed by atoms with E-state index in [0.717, 1.165) is 16.9 Å². The zero-order valence-electron chi connectivity index (χ0n) is 11.2. The third-order valence-electron chi connectivity index (χ3n) is 2.79. The highest BCUT2D eigenvalue weighted by atomic mass is 35.5. The summed E-state index contributed by atoms with van der Waals surface area (Å²) in [5, 5.41) is 7.38. The maximum absolute atomic E-state index is 11.0. The number of halogens is 3. The Balaban J connectivity index is 2.13. The van der Waals surface area contributed by atoms with Crippen LogP contribution in [0.5, 0.6) is 0 Å². The zero-order valence-corrected chi connectivity index (χ0v) is 13.5. The normalized spacial score (nSPS) is 10.3. The van der Waals surface area contributed by atoms with Crippen LogP contribution in [0.1, 0.15) is 12.5 Å². The molecule has 2 aromatic rings. The summed E-state index contributed by atoms with van der Waals surface area (Å²) in [6.07, 6.45) is 0. The molecular formula is C15H13Cl3N2O. The van der Waals surface area contributed by atoms with Crippen LogP contribution in [0, 0.1) is 0 Å². The van der Waals surface area contributed by atoms with Crippen molar-refractivity contribution in [2.24, 2.45) is 0 Å². The molecule has 0 fully saturated rings. The van der Waals surface area contributed by atoms with Crippen molar-refractivity contribution in [3.8, 4) is 0 Å². The Morgan fingerprint density at radius 2 is 1.71 bits per heavy atom. The van der Waals surface area contributed by atoms with Crippen LogP contribution < -0.4 is 10.6 Å². The quantitative estimate of drug-likeness (QED) is 0.747. The molecule has 6 heteroatoms. The van der Waals surface area contributed by atoms with Gasteiger partial charge in [-0.2, -0.15) is 0 Å². The van der Waals surface area contributed by atoms with Gasteiger partial charge >= 0.3 is 0 Å². The molecular weight excluding hydrogens is 331 g/mol. The summed E-state index contributed by atoms with van der Waals surface area (Å²) in [6.45, 7) is 1.90. The average molecular weight is 344 g/mol. The van der Waals surface area contributed by atoms with E-state index < -0.39 is 0 Å². The molecule has 0 saturated heterocycles. The summed E-state index contributed by atoms with van der Waals surface area (Å²) in [4.78, 5) is 11.0. The van der Waals surface area contributed by atoms with Gasteiger partial charge in [-0.25, -0.2) is 0 Å². The van der Waals surface area contributed by atoms with Gasteiger partial charge in [0, 0.05) is 35.4 Å². The van der Waals surface area contributed by atoms with E-state index in [0.29, 0.717) is 21.6 Å². The zero-order chi connectivity index (χ0) is 15.4. The van der Waals surface area contributed by atoms with Crippen LogP contribution in [-0.2, 0) is 11.3 Å². The molecule has 2 rings (SSSR count). The van der Waals surface area contributed by atoms with E-state index in [-0.39, 0.29) is 5.91 Å². The van der Waals surface area contributed by atoms with Crippen molar-refractivity contribution in [2.45, 2.75) is 13.5 Å². The smallest absolute Gasteiger partial charge is 0.221 e. The Morgan fingerprint density at radius 3 is 2.43 bits per heavy atom. The molecule has 0 aliphatic carbocycles. The molecule has 0 radical (unpaired) electrons. The van der Waals surface area contributed by atoms with Crippen molar-refractivity contribution in [1.29, 1.82) is 0 Å². The molecule has 0 saturated carbocycles. The van der Waals surface area contributed by atoms with E-state index in [1.165, 1.54) is 6.92 Å². The fourth-order valence-corrected chi connectivity index (χ4v) is 2.51. The highest BCUT2D eigenvalue weighted by Gasteiger charge is 2.09. The van der Waals surface area contributed by atoms with Crippen LogP contribution >= 0.6 is 34.8 Å². The molecule has 0 heterocycles. The van der Waals surface area contributed by atoms with Crippen LogP contribution in [0.2, 0.25) is 15.1 Å². The number of hydrogen-bond donors (Lipinski definition) is 2. The fourth-order valence-electron chi connectivity index (χ4n) is 1.83. The highest BCUT2D eigenvalue weighted by Crippen LogP contribution is 2.32. The van der Waals surface area contributed by atoms with Crippen molar-refractivity contribution in [3.05, 3.63) is 57.0 Å². The van der Waals surface area contributed by atoms with Gasteiger partial charge in [-0.15, -0.1) is 0 Å². The molecule has 2 N–H and O–H groups in total. The predicted octanol–water partition coefficient (Wildman–Crippen LogP) is 5.22. The van der Waals surface area contributed by atoms with Gasteiger partial charge in [-0.3, -0.25) is 4.79 Å². The van der Waals surface area contributed by atoms with Gasteiger partial charge in [0.2, 0.25) is 5.91 Å². The number of amides is 1. The molecule has 0 aliphatic heterocycles. The van der Waals surface area contributed by atoms with Crippen LogP contribution in [0.15, 0.2) is 36.4 Å². The lowest BCUT2D eigenvalue weighted by Gasteiger charge is -2.12. The maximum atomic E-state index is 11.0. The predicted molar refractivity (Wildman–Crippen MR) is 89.5 cm³/mol. The number of nitrogens with one attached hydrogen (secondary N) is 2. The second-order valence-corrected chi connectivity index (χ2v) is 5.63. The first-order valence-electron chi connectivity index (χ1n) is 6.21. The van der Waals surface area contributed by atoms with E-state index in [1.807, 2.05) is 24.3 Å². The summed E-state index contributed by atoms with van der Waals surface area (Å²) >= 11 is 18.3. The topological polar surface area (TPSA) is 41.1 Å². The molecule has 0 bridgehead atoms. The minimum atomic E-state index is -0.118. The molecule has 0 aromatic heterocycles. The van der Waals surface area contributed by atoms with Crippen molar-refractivity contribution >= 4 is 52.1 Å². The van der Waals surface area contributed by atoms with Gasteiger partial charge in [-0.05, 0) is 30.3 Å². The van der Waals surface area contributed by atoms with E-state index in [9.17, 15) is 4.79 Å². The van der Waals surface area contributed by atoms with Crippen molar-refractivity contribution in [3.63, 3.8) is 0 Å². The Morgan fingerprint density at radius 1 is 1.05 bits per heavy atom. The first kappa shape index (κ1) is 16.0. The Labute approximate surface area is 138 Å². The van der Waals surface area contributed by atoms with Crippen molar-refractivity contribution < 1.29 is 4.79 Å². The summed E-state index contributed by atoms with van der Waals surface area (Å²) < 4.78 is 0.